The molecular formula is C18H23ClO2. The molecule has 0 radical (unpaired) electrons. The van der Waals surface area contributed by atoms with Gasteiger partial charge in [0.1, 0.15) is 11.3 Å². The number of hydrogen-bond donors (Lipinski definition) is 1. The summed E-state index contributed by atoms with van der Waals surface area (Å²) in [6.45, 7) is 6.57. The predicted molar refractivity (Wildman–Crippen MR) is 86.8 cm³/mol. The molecule has 2 nitrogen and oxygen atoms in total. The maximum atomic E-state index is 10.5. The maximum absolute atomic E-state index is 10.5. The van der Waals surface area contributed by atoms with Gasteiger partial charge in [-0.3, -0.25) is 0 Å². The van der Waals surface area contributed by atoms with Crippen molar-refractivity contribution < 1.29 is 9.52 Å². The zero-order chi connectivity index (χ0) is 15.2. The first kappa shape index (κ1) is 14.9. The second-order valence-electron chi connectivity index (χ2n) is 7.11. The third-order valence-corrected chi connectivity index (χ3v) is 5.35. The van der Waals surface area contributed by atoms with Crippen LogP contribution in [0.15, 0.2) is 28.7 Å². The first-order valence-electron chi connectivity index (χ1n) is 7.75. The minimum absolute atomic E-state index is 0.176. The van der Waals surface area contributed by atoms with Crippen molar-refractivity contribution in [1.82, 2.24) is 0 Å². The molecule has 1 heterocycles. The highest BCUT2D eigenvalue weighted by Crippen LogP contribution is 2.43. The molecule has 2 aromatic rings. The van der Waals surface area contributed by atoms with Crippen LogP contribution in [0.2, 0.25) is 5.02 Å². The quantitative estimate of drug-likeness (QED) is 0.831. The Morgan fingerprint density at radius 2 is 2.00 bits per heavy atom. The zero-order valence-electron chi connectivity index (χ0n) is 12.9. The minimum atomic E-state index is -0.249. The van der Waals surface area contributed by atoms with Gasteiger partial charge in [0.25, 0.3) is 0 Å². The summed E-state index contributed by atoms with van der Waals surface area (Å²) in [6.07, 6.45) is 2.87. The van der Waals surface area contributed by atoms with Gasteiger partial charge >= 0.3 is 0 Å². The lowest BCUT2D eigenvalue weighted by Crippen LogP contribution is -2.41. The third-order valence-electron chi connectivity index (χ3n) is 5.12. The van der Waals surface area contributed by atoms with Gasteiger partial charge in [-0.1, -0.05) is 38.8 Å². The molecule has 3 heteroatoms. The molecule has 1 aliphatic carbocycles. The number of hydrogen-bond acceptors (Lipinski definition) is 2. The van der Waals surface area contributed by atoms with E-state index in [1.54, 1.807) is 0 Å². The van der Waals surface area contributed by atoms with Crippen molar-refractivity contribution in [2.75, 3.05) is 0 Å². The summed E-state index contributed by atoms with van der Waals surface area (Å²) in [5.41, 5.74) is 0.687. The summed E-state index contributed by atoms with van der Waals surface area (Å²) in [7, 11) is 0. The van der Waals surface area contributed by atoms with E-state index in [0.717, 1.165) is 34.6 Å². The van der Waals surface area contributed by atoms with Gasteiger partial charge in [0, 0.05) is 15.8 Å². The Morgan fingerprint density at radius 3 is 2.71 bits per heavy atom. The van der Waals surface area contributed by atoms with Gasteiger partial charge in [-0.15, -0.1) is 0 Å². The Hall–Kier alpha value is -0.990. The van der Waals surface area contributed by atoms with E-state index in [4.69, 9.17) is 16.0 Å². The summed E-state index contributed by atoms with van der Waals surface area (Å²) in [5.74, 6) is 1.80. The molecule has 1 saturated carbocycles. The smallest absolute Gasteiger partial charge is 0.134 e. The highest BCUT2D eigenvalue weighted by molar-refractivity contribution is 6.31. The van der Waals surface area contributed by atoms with E-state index in [1.165, 1.54) is 6.42 Å². The Bertz CT molecular complexity index is 644. The van der Waals surface area contributed by atoms with Crippen LogP contribution in [0, 0.1) is 11.8 Å². The highest BCUT2D eigenvalue weighted by Gasteiger charge is 2.41. The van der Waals surface area contributed by atoms with E-state index in [-0.39, 0.29) is 17.4 Å². The molecule has 3 unspecified atom stereocenters. The van der Waals surface area contributed by atoms with Gasteiger partial charge in [0.15, 0.2) is 0 Å². The summed E-state index contributed by atoms with van der Waals surface area (Å²) in [5, 5.41) is 12.2. The average molecular weight is 307 g/mol. The monoisotopic (exact) mass is 306 g/mol. The predicted octanol–water partition coefficient (Wildman–Crippen LogP) is 5.16. The van der Waals surface area contributed by atoms with Gasteiger partial charge in [-0.25, -0.2) is 0 Å². The Kier molecular flexibility index (Phi) is 3.79. The summed E-state index contributed by atoms with van der Waals surface area (Å²) >= 11 is 6.05. The third kappa shape index (κ3) is 2.72. The summed E-state index contributed by atoms with van der Waals surface area (Å²) in [4.78, 5) is 0. The average Bonchev–Trinajstić information content (AvgIpc) is 2.81. The van der Waals surface area contributed by atoms with Crippen molar-refractivity contribution in [3.05, 3.63) is 35.0 Å². The molecule has 21 heavy (non-hydrogen) atoms. The highest BCUT2D eigenvalue weighted by atomic mass is 35.5. The van der Waals surface area contributed by atoms with Crippen LogP contribution in [0.1, 0.15) is 45.8 Å². The standard InChI is InChI=1S/C18H23ClO2/c1-11-4-6-14(15(20)8-11)18(2,3)17-10-12-9-13(19)5-7-16(12)21-17/h5,7,9-11,14-15,20H,4,6,8H2,1-3H3. The van der Waals surface area contributed by atoms with Crippen LogP contribution in [0.3, 0.4) is 0 Å². The van der Waals surface area contributed by atoms with Gasteiger partial charge in [-0.05, 0) is 48.9 Å². The molecule has 1 aliphatic rings. The first-order chi connectivity index (χ1) is 9.88. The van der Waals surface area contributed by atoms with Crippen LogP contribution in [0.4, 0.5) is 0 Å². The topological polar surface area (TPSA) is 33.4 Å². The largest absolute Gasteiger partial charge is 0.460 e. The Morgan fingerprint density at radius 1 is 1.24 bits per heavy atom. The van der Waals surface area contributed by atoms with Gasteiger partial charge < -0.3 is 9.52 Å². The number of halogens is 1. The molecule has 114 valence electrons. The maximum Gasteiger partial charge on any atom is 0.134 e. The van der Waals surface area contributed by atoms with Crippen molar-refractivity contribution in [3.63, 3.8) is 0 Å². The molecule has 1 fully saturated rings. The van der Waals surface area contributed by atoms with Crippen LogP contribution < -0.4 is 0 Å². The van der Waals surface area contributed by atoms with E-state index >= 15 is 0 Å². The Labute approximate surface area is 131 Å². The second-order valence-corrected chi connectivity index (χ2v) is 7.54. The fourth-order valence-corrected chi connectivity index (χ4v) is 3.89. The zero-order valence-corrected chi connectivity index (χ0v) is 13.7. The summed E-state index contributed by atoms with van der Waals surface area (Å²) in [6, 6.07) is 7.77. The van der Waals surface area contributed by atoms with Crippen molar-refractivity contribution in [3.8, 4) is 0 Å². The lowest BCUT2D eigenvalue weighted by atomic mass is 9.66. The molecule has 0 spiro atoms. The van der Waals surface area contributed by atoms with E-state index in [0.29, 0.717) is 5.92 Å². The molecule has 3 atom stereocenters. The van der Waals surface area contributed by atoms with Crippen LogP contribution in [0.5, 0.6) is 0 Å². The second kappa shape index (κ2) is 5.33. The van der Waals surface area contributed by atoms with Crippen molar-refractivity contribution in [2.24, 2.45) is 11.8 Å². The van der Waals surface area contributed by atoms with E-state index in [2.05, 4.69) is 26.8 Å². The number of benzene rings is 1. The van der Waals surface area contributed by atoms with Crippen molar-refractivity contribution in [1.29, 1.82) is 0 Å². The Balaban J connectivity index is 1.95. The molecule has 0 aliphatic heterocycles. The normalized spacial score (nSPS) is 27.2. The van der Waals surface area contributed by atoms with Crippen LogP contribution in [-0.4, -0.2) is 11.2 Å². The number of rotatable bonds is 2. The molecule has 1 aromatic carbocycles. The van der Waals surface area contributed by atoms with Crippen LogP contribution >= 0.6 is 11.6 Å². The molecule has 0 bridgehead atoms. The van der Waals surface area contributed by atoms with E-state index in [9.17, 15) is 5.11 Å². The fraction of sp³-hybridized carbons (Fsp3) is 0.556. The number of furan rings is 1. The molecule has 0 saturated heterocycles. The SMILES string of the molecule is CC1CCC(C(C)(C)c2cc3cc(Cl)ccc3o2)C(O)C1. The van der Waals surface area contributed by atoms with Crippen LogP contribution in [-0.2, 0) is 5.41 Å². The number of fused-ring (bicyclic) bond motifs is 1. The molecule has 0 amide bonds. The van der Waals surface area contributed by atoms with Gasteiger partial charge in [0.05, 0.1) is 6.10 Å². The molecule has 1 aromatic heterocycles. The molecule has 1 N–H and O–H groups in total. The number of aliphatic hydroxyl groups is 1. The minimum Gasteiger partial charge on any atom is -0.460 e. The van der Waals surface area contributed by atoms with Gasteiger partial charge in [-0.2, -0.15) is 0 Å². The van der Waals surface area contributed by atoms with E-state index in [1.807, 2.05) is 18.2 Å². The molecular weight excluding hydrogens is 284 g/mol. The van der Waals surface area contributed by atoms with Crippen molar-refractivity contribution in [2.45, 2.75) is 51.6 Å². The lowest BCUT2D eigenvalue weighted by molar-refractivity contribution is 0.00913. The first-order valence-corrected chi connectivity index (χ1v) is 8.13. The number of aliphatic hydroxyl groups excluding tert-OH is 1. The van der Waals surface area contributed by atoms with E-state index < -0.39 is 0 Å². The van der Waals surface area contributed by atoms with Crippen molar-refractivity contribution >= 4 is 22.6 Å². The lowest BCUT2D eigenvalue weighted by Gasteiger charge is -2.40. The molecule has 3 rings (SSSR count). The van der Waals surface area contributed by atoms with Gasteiger partial charge in [0.2, 0.25) is 0 Å². The summed E-state index contributed by atoms with van der Waals surface area (Å²) < 4.78 is 6.05. The van der Waals surface area contributed by atoms with Crippen LogP contribution in [0.25, 0.3) is 11.0 Å². The fourth-order valence-electron chi connectivity index (χ4n) is 3.71.